The number of aromatic nitrogens is 1. The number of nitrogens with zero attached hydrogens (tertiary/aromatic N) is 2. The fourth-order valence-electron chi connectivity index (χ4n) is 3.83. The van der Waals surface area contributed by atoms with Crippen LogP contribution in [-0.4, -0.2) is 28.9 Å². The van der Waals surface area contributed by atoms with Crippen molar-refractivity contribution in [1.29, 1.82) is 0 Å². The molecule has 1 amide bonds. The van der Waals surface area contributed by atoms with Crippen LogP contribution in [0.5, 0.6) is 0 Å². The number of halogens is 2. The molecule has 0 aliphatic carbocycles. The number of benzene rings is 2. The summed E-state index contributed by atoms with van der Waals surface area (Å²) in [5, 5.41) is 2.95. The first-order chi connectivity index (χ1) is 15.0. The lowest BCUT2D eigenvalue weighted by molar-refractivity contribution is -0.126. The standard InChI is InChI=1S/C24H25F2N3O2/c1-16-22(28-24(31-16)20-4-2-3-5-21(20)26)15-29-12-10-18(11-13-29)23(30)27-14-17-6-8-19(25)9-7-17/h2-9,18H,10-15H2,1H3,(H,27,30). The molecule has 1 aliphatic heterocycles. The predicted molar refractivity (Wildman–Crippen MR) is 113 cm³/mol. The zero-order valence-electron chi connectivity index (χ0n) is 17.4. The van der Waals surface area contributed by atoms with Crippen LogP contribution >= 0.6 is 0 Å². The summed E-state index contributed by atoms with van der Waals surface area (Å²) in [6, 6.07) is 12.6. The number of rotatable bonds is 6. The van der Waals surface area contributed by atoms with E-state index in [2.05, 4.69) is 15.2 Å². The maximum atomic E-state index is 14.0. The lowest BCUT2D eigenvalue weighted by atomic mass is 9.95. The third-order valence-electron chi connectivity index (χ3n) is 5.71. The smallest absolute Gasteiger partial charge is 0.229 e. The third kappa shape index (κ3) is 5.17. The number of hydrogen-bond acceptors (Lipinski definition) is 4. The number of carbonyl (C=O) groups is 1. The van der Waals surface area contributed by atoms with Gasteiger partial charge >= 0.3 is 0 Å². The van der Waals surface area contributed by atoms with Gasteiger partial charge in [0.2, 0.25) is 11.8 Å². The highest BCUT2D eigenvalue weighted by atomic mass is 19.1. The van der Waals surface area contributed by atoms with Gasteiger partial charge in [-0.25, -0.2) is 13.8 Å². The van der Waals surface area contributed by atoms with E-state index in [9.17, 15) is 13.6 Å². The van der Waals surface area contributed by atoms with Crippen molar-refractivity contribution in [3.8, 4) is 11.5 Å². The van der Waals surface area contributed by atoms with Gasteiger partial charge in [-0.2, -0.15) is 0 Å². The number of aryl methyl sites for hydroxylation is 1. The molecule has 2 aromatic carbocycles. The van der Waals surface area contributed by atoms with Crippen molar-refractivity contribution in [2.45, 2.75) is 32.9 Å². The average Bonchev–Trinajstić information content (AvgIpc) is 3.14. The van der Waals surface area contributed by atoms with Crippen LogP contribution in [0.1, 0.15) is 29.9 Å². The molecule has 31 heavy (non-hydrogen) atoms. The highest BCUT2D eigenvalue weighted by molar-refractivity contribution is 5.78. The molecule has 4 rings (SSSR count). The molecule has 1 aliphatic rings. The molecule has 5 nitrogen and oxygen atoms in total. The summed E-state index contributed by atoms with van der Waals surface area (Å²) in [6.07, 6.45) is 1.51. The second-order valence-electron chi connectivity index (χ2n) is 7.90. The molecule has 0 saturated carbocycles. The molecule has 0 atom stereocenters. The second-order valence-corrected chi connectivity index (χ2v) is 7.90. The first-order valence-corrected chi connectivity index (χ1v) is 10.5. The maximum Gasteiger partial charge on any atom is 0.229 e. The number of carbonyl (C=O) groups excluding carboxylic acids is 1. The topological polar surface area (TPSA) is 58.4 Å². The Hall–Kier alpha value is -3.06. The molecule has 1 N–H and O–H groups in total. The molecule has 2 heterocycles. The molecule has 7 heteroatoms. The van der Waals surface area contributed by atoms with Crippen LogP contribution in [0.4, 0.5) is 8.78 Å². The number of hydrogen-bond donors (Lipinski definition) is 1. The van der Waals surface area contributed by atoms with Crippen LogP contribution in [0.3, 0.4) is 0 Å². The van der Waals surface area contributed by atoms with Crippen LogP contribution in [0.15, 0.2) is 52.9 Å². The van der Waals surface area contributed by atoms with Gasteiger partial charge in [0, 0.05) is 19.0 Å². The number of nitrogens with one attached hydrogen (secondary N) is 1. The van der Waals surface area contributed by atoms with Crippen LogP contribution in [0.25, 0.3) is 11.5 Å². The van der Waals surface area contributed by atoms with Crippen molar-refractivity contribution in [3.63, 3.8) is 0 Å². The average molecular weight is 425 g/mol. The second kappa shape index (κ2) is 9.39. The molecule has 0 bridgehead atoms. The SMILES string of the molecule is Cc1oc(-c2ccccc2F)nc1CN1CCC(C(=O)NCc2ccc(F)cc2)CC1. The van der Waals surface area contributed by atoms with Gasteiger partial charge in [0.15, 0.2) is 0 Å². The summed E-state index contributed by atoms with van der Waals surface area (Å²) < 4.78 is 32.7. The van der Waals surface area contributed by atoms with Crippen LogP contribution in [0, 0.1) is 24.5 Å². The summed E-state index contributed by atoms with van der Waals surface area (Å²) in [7, 11) is 0. The van der Waals surface area contributed by atoms with Gasteiger partial charge in [0.1, 0.15) is 17.4 Å². The molecule has 3 aromatic rings. The van der Waals surface area contributed by atoms with Gasteiger partial charge in [-0.05, 0) is 62.7 Å². The first-order valence-electron chi connectivity index (χ1n) is 10.5. The summed E-state index contributed by atoms with van der Waals surface area (Å²) >= 11 is 0. The predicted octanol–water partition coefficient (Wildman–Crippen LogP) is 4.46. The highest BCUT2D eigenvalue weighted by Crippen LogP contribution is 2.26. The van der Waals surface area contributed by atoms with E-state index in [0.29, 0.717) is 30.3 Å². The summed E-state index contributed by atoms with van der Waals surface area (Å²) in [6.45, 7) is 4.39. The minimum atomic E-state index is -0.359. The Bertz CT molecular complexity index is 1040. The zero-order valence-corrected chi connectivity index (χ0v) is 17.4. The fourth-order valence-corrected chi connectivity index (χ4v) is 3.83. The Balaban J connectivity index is 1.29. The van der Waals surface area contributed by atoms with E-state index in [1.807, 2.05) is 6.92 Å². The molecular formula is C24H25F2N3O2. The van der Waals surface area contributed by atoms with Crippen LogP contribution in [-0.2, 0) is 17.9 Å². The van der Waals surface area contributed by atoms with Gasteiger partial charge < -0.3 is 9.73 Å². The maximum absolute atomic E-state index is 14.0. The molecule has 1 aromatic heterocycles. The number of piperidine rings is 1. The van der Waals surface area contributed by atoms with E-state index in [4.69, 9.17) is 4.42 Å². The lowest BCUT2D eigenvalue weighted by Gasteiger charge is -2.30. The Morgan fingerprint density at radius 2 is 1.84 bits per heavy atom. The van der Waals surface area contributed by atoms with E-state index < -0.39 is 0 Å². The van der Waals surface area contributed by atoms with Crippen LogP contribution < -0.4 is 5.32 Å². The normalized spacial score (nSPS) is 15.2. The molecule has 1 saturated heterocycles. The largest absolute Gasteiger partial charge is 0.441 e. The molecule has 162 valence electrons. The molecule has 0 unspecified atom stereocenters. The zero-order chi connectivity index (χ0) is 21.8. The van der Waals surface area contributed by atoms with Crippen molar-refractivity contribution in [1.82, 2.24) is 15.2 Å². The monoisotopic (exact) mass is 425 g/mol. The van der Waals surface area contributed by atoms with Crippen molar-refractivity contribution >= 4 is 5.91 Å². The Morgan fingerprint density at radius 3 is 2.55 bits per heavy atom. The van der Waals surface area contributed by atoms with Gasteiger partial charge in [-0.15, -0.1) is 0 Å². The Kier molecular flexibility index (Phi) is 6.42. The van der Waals surface area contributed by atoms with E-state index in [0.717, 1.165) is 37.2 Å². The summed E-state index contributed by atoms with van der Waals surface area (Å²) in [4.78, 5) is 19.2. The van der Waals surface area contributed by atoms with Crippen molar-refractivity contribution < 1.29 is 18.0 Å². The number of oxazole rings is 1. The summed E-state index contributed by atoms with van der Waals surface area (Å²) in [5.41, 5.74) is 2.02. The van der Waals surface area contributed by atoms with Gasteiger partial charge in [0.25, 0.3) is 0 Å². The minimum Gasteiger partial charge on any atom is -0.441 e. The van der Waals surface area contributed by atoms with Crippen molar-refractivity contribution in [3.05, 3.63) is 77.2 Å². The lowest BCUT2D eigenvalue weighted by Crippen LogP contribution is -2.40. The highest BCUT2D eigenvalue weighted by Gasteiger charge is 2.26. The van der Waals surface area contributed by atoms with Crippen LogP contribution in [0.2, 0.25) is 0 Å². The first kappa shape index (κ1) is 21.2. The van der Waals surface area contributed by atoms with E-state index in [1.165, 1.54) is 18.2 Å². The van der Waals surface area contributed by atoms with Crippen molar-refractivity contribution in [2.75, 3.05) is 13.1 Å². The summed E-state index contributed by atoms with van der Waals surface area (Å²) in [5.74, 6) is 0.319. The third-order valence-corrected chi connectivity index (χ3v) is 5.71. The van der Waals surface area contributed by atoms with E-state index >= 15 is 0 Å². The van der Waals surface area contributed by atoms with Crippen molar-refractivity contribution in [2.24, 2.45) is 5.92 Å². The molecule has 1 fully saturated rings. The number of amides is 1. The van der Waals surface area contributed by atoms with E-state index in [1.54, 1.807) is 30.3 Å². The van der Waals surface area contributed by atoms with Gasteiger partial charge in [-0.1, -0.05) is 24.3 Å². The minimum absolute atomic E-state index is 0.0310. The van der Waals surface area contributed by atoms with Gasteiger partial charge in [0.05, 0.1) is 11.3 Å². The molecular weight excluding hydrogens is 400 g/mol. The fraction of sp³-hybridized carbons (Fsp3) is 0.333. The Labute approximate surface area is 180 Å². The quantitative estimate of drug-likeness (QED) is 0.634. The van der Waals surface area contributed by atoms with Gasteiger partial charge in [-0.3, -0.25) is 9.69 Å². The molecule has 0 radical (unpaired) electrons. The van der Waals surface area contributed by atoms with E-state index in [-0.39, 0.29) is 23.5 Å². The molecule has 0 spiro atoms. The Morgan fingerprint density at radius 1 is 1.13 bits per heavy atom. The number of likely N-dealkylation sites (tertiary alicyclic amines) is 1.